The fraction of sp³-hybridized carbons (Fsp3) is 0.462. The summed E-state index contributed by atoms with van der Waals surface area (Å²) < 4.78 is 0. The second kappa shape index (κ2) is 4.66. The van der Waals surface area contributed by atoms with Gasteiger partial charge in [-0.1, -0.05) is 30.3 Å². The number of rotatable bonds is 2. The lowest BCUT2D eigenvalue weighted by Crippen LogP contribution is -2.49. The van der Waals surface area contributed by atoms with Crippen molar-refractivity contribution < 1.29 is 4.79 Å². The number of carbonyl (C=O) groups is 1. The van der Waals surface area contributed by atoms with E-state index >= 15 is 0 Å². The fourth-order valence-electron chi connectivity index (χ4n) is 2.63. The van der Waals surface area contributed by atoms with Crippen molar-refractivity contribution in [1.82, 2.24) is 4.90 Å². The molecule has 1 aromatic carbocycles. The minimum absolute atomic E-state index is 0.156. The summed E-state index contributed by atoms with van der Waals surface area (Å²) in [6.07, 6.45) is 2.17. The highest BCUT2D eigenvalue weighted by molar-refractivity contribution is 5.81. The molecule has 1 aromatic rings. The molecule has 1 aliphatic rings. The molecule has 2 rings (SSSR count). The van der Waals surface area contributed by atoms with E-state index in [0.29, 0.717) is 0 Å². The van der Waals surface area contributed by atoms with Crippen molar-refractivity contribution in [2.24, 2.45) is 5.73 Å². The molecule has 0 radical (unpaired) electrons. The Morgan fingerprint density at radius 1 is 1.38 bits per heavy atom. The molecular formula is C13H18N2O. The summed E-state index contributed by atoms with van der Waals surface area (Å²) in [5.74, 6) is 0.0357. The van der Waals surface area contributed by atoms with Crippen LogP contribution in [0.25, 0.3) is 0 Å². The zero-order chi connectivity index (χ0) is 11.5. The van der Waals surface area contributed by atoms with Crippen LogP contribution in [0, 0.1) is 0 Å². The molecule has 0 bridgehead atoms. The Kier molecular flexibility index (Phi) is 3.25. The molecule has 0 aromatic heterocycles. The standard InChI is InChI=1S/C13H18N2O/c1-15-9-5-8-11(12(15)13(14)16)10-6-3-2-4-7-10/h2-4,6-7,11-12H,5,8-9H2,1H3,(H2,14,16). The molecule has 1 aliphatic heterocycles. The number of hydrogen-bond donors (Lipinski definition) is 1. The lowest BCUT2D eigenvalue weighted by Gasteiger charge is -2.37. The van der Waals surface area contributed by atoms with Gasteiger partial charge in [-0.15, -0.1) is 0 Å². The van der Waals surface area contributed by atoms with Gasteiger partial charge in [-0.3, -0.25) is 9.69 Å². The Labute approximate surface area is 96.2 Å². The van der Waals surface area contributed by atoms with Gasteiger partial charge in [0.05, 0.1) is 6.04 Å². The average Bonchev–Trinajstić information content (AvgIpc) is 2.29. The van der Waals surface area contributed by atoms with E-state index in [4.69, 9.17) is 5.73 Å². The Morgan fingerprint density at radius 3 is 2.69 bits per heavy atom. The van der Waals surface area contributed by atoms with Crippen LogP contribution in [0.15, 0.2) is 30.3 Å². The molecule has 16 heavy (non-hydrogen) atoms. The van der Waals surface area contributed by atoms with Crippen LogP contribution >= 0.6 is 0 Å². The number of nitrogens with zero attached hydrogens (tertiary/aromatic N) is 1. The van der Waals surface area contributed by atoms with Gasteiger partial charge in [0.1, 0.15) is 0 Å². The van der Waals surface area contributed by atoms with Crippen molar-refractivity contribution in [1.29, 1.82) is 0 Å². The number of amides is 1. The van der Waals surface area contributed by atoms with Gasteiger partial charge in [0.2, 0.25) is 5.91 Å². The zero-order valence-electron chi connectivity index (χ0n) is 9.60. The van der Waals surface area contributed by atoms with Gasteiger partial charge in [-0.25, -0.2) is 0 Å². The molecule has 3 nitrogen and oxygen atoms in total. The van der Waals surface area contributed by atoms with E-state index in [2.05, 4.69) is 17.0 Å². The quantitative estimate of drug-likeness (QED) is 0.814. The summed E-state index contributed by atoms with van der Waals surface area (Å²) in [7, 11) is 1.98. The van der Waals surface area contributed by atoms with Crippen LogP contribution in [0.5, 0.6) is 0 Å². The first-order valence-electron chi connectivity index (χ1n) is 5.74. The van der Waals surface area contributed by atoms with Crippen LogP contribution in [0.2, 0.25) is 0 Å². The van der Waals surface area contributed by atoms with E-state index in [0.717, 1.165) is 19.4 Å². The van der Waals surface area contributed by atoms with Gasteiger partial charge in [0.15, 0.2) is 0 Å². The topological polar surface area (TPSA) is 46.3 Å². The first-order chi connectivity index (χ1) is 7.70. The van der Waals surface area contributed by atoms with Crippen LogP contribution in [-0.2, 0) is 4.79 Å². The monoisotopic (exact) mass is 218 g/mol. The molecule has 3 heteroatoms. The van der Waals surface area contributed by atoms with Gasteiger partial charge in [0.25, 0.3) is 0 Å². The molecule has 2 unspecified atom stereocenters. The van der Waals surface area contributed by atoms with Crippen molar-refractivity contribution in [2.75, 3.05) is 13.6 Å². The third kappa shape index (κ3) is 2.09. The van der Waals surface area contributed by atoms with Crippen molar-refractivity contribution in [3.05, 3.63) is 35.9 Å². The maximum absolute atomic E-state index is 11.5. The summed E-state index contributed by atoms with van der Waals surface area (Å²) in [4.78, 5) is 13.6. The third-order valence-corrected chi connectivity index (χ3v) is 3.40. The highest BCUT2D eigenvalue weighted by Gasteiger charge is 2.34. The number of primary amides is 1. The van der Waals surface area contributed by atoms with Gasteiger partial charge >= 0.3 is 0 Å². The molecule has 2 atom stereocenters. The van der Waals surface area contributed by atoms with E-state index in [1.807, 2.05) is 25.2 Å². The smallest absolute Gasteiger partial charge is 0.235 e. The number of piperidine rings is 1. The summed E-state index contributed by atoms with van der Waals surface area (Å²) in [6, 6.07) is 10.0. The molecule has 0 saturated carbocycles. The Balaban J connectivity index is 2.27. The molecular weight excluding hydrogens is 200 g/mol. The average molecular weight is 218 g/mol. The van der Waals surface area contributed by atoms with Crippen LogP contribution in [-0.4, -0.2) is 30.4 Å². The van der Waals surface area contributed by atoms with Gasteiger partial charge < -0.3 is 5.73 Å². The number of benzene rings is 1. The van der Waals surface area contributed by atoms with Crippen molar-refractivity contribution in [3.8, 4) is 0 Å². The largest absolute Gasteiger partial charge is 0.368 e. The fourth-order valence-corrected chi connectivity index (χ4v) is 2.63. The first-order valence-corrected chi connectivity index (χ1v) is 5.74. The molecule has 0 aliphatic carbocycles. The lowest BCUT2D eigenvalue weighted by molar-refractivity contribution is -0.124. The molecule has 1 saturated heterocycles. The number of hydrogen-bond acceptors (Lipinski definition) is 2. The Morgan fingerprint density at radius 2 is 2.06 bits per heavy atom. The van der Waals surface area contributed by atoms with E-state index in [1.54, 1.807) is 0 Å². The SMILES string of the molecule is CN1CCCC(c2ccccc2)C1C(N)=O. The summed E-state index contributed by atoms with van der Waals surface area (Å²) in [5, 5.41) is 0. The van der Waals surface area contributed by atoms with Gasteiger partial charge in [-0.05, 0) is 32.0 Å². The van der Waals surface area contributed by atoms with Gasteiger partial charge in [-0.2, -0.15) is 0 Å². The third-order valence-electron chi connectivity index (χ3n) is 3.40. The van der Waals surface area contributed by atoms with E-state index in [9.17, 15) is 4.79 Å². The van der Waals surface area contributed by atoms with E-state index < -0.39 is 0 Å². The minimum Gasteiger partial charge on any atom is -0.368 e. The number of carbonyl (C=O) groups excluding carboxylic acids is 1. The Hall–Kier alpha value is -1.35. The van der Waals surface area contributed by atoms with E-state index in [1.165, 1.54) is 5.56 Å². The summed E-state index contributed by atoms with van der Waals surface area (Å²) >= 11 is 0. The van der Waals surface area contributed by atoms with Crippen molar-refractivity contribution in [3.63, 3.8) is 0 Å². The van der Waals surface area contributed by atoms with E-state index in [-0.39, 0.29) is 17.9 Å². The second-order valence-electron chi connectivity index (χ2n) is 4.49. The van der Waals surface area contributed by atoms with Crippen molar-refractivity contribution in [2.45, 2.75) is 24.8 Å². The second-order valence-corrected chi connectivity index (χ2v) is 4.49. The molecule has 2 N–H and O–H groups in total. The highest BCUT2D eigenvalue weighted by Crippen LogP contribution is 2.31. The lowest BCUT2D eigenvalue weighted by atomic mass is 9.83. The zero-order valence-corrected chi connectivity index (χ0v) is 9.60. The maximum Gasteiger partial charge on any atom is 0.235 e. The summed E-state index contributed by atoms with van der Waals surface area (Å²) in [6.45, 7) is 0.955. The maximum atomic E-state index is 11.5. The van der Waals surface area contributed by atoms with Crippen LogP contribution in [0.4, 0.5) is 0 Å². The molecule has 1 heterocycles. The Bertz CT molecular complexity index is 363. The van der Waals surface area contributed by atoms with Crippen LogP contribution in [0.1, 0.15) is 24.3 Å². The number of likely N-dealkylation sites (tertiary alicyclic amines) is 1. The number of nitrogens with two attached hydrogens (primary N) is 1. The highest BCUT2D eigenvalue weighted by atomic mass is 16.1. The van der Waals surface area contributed by atoms with Crippen LogP contribution < -0.4 is 5.73 Å². The molecule has 86 valence electrons. The first kappa shape index (κ1) is 11.1. The predicted molar refractivity (Wildman–Crippen MR) is 64.0 cm³/mol. The predicted octanol–water partition coefficient (Wildman–Crippen LogP) is 1.35. The number of likely N-dealkylation sites (N-methyl/N-ethyl adjacent to an activating group) is 1. The van der Waals surface area contributed by atoms with Crippen molar-refractivity contribution >= 4 is 5.91 Å². The molecule has 0 spiro atoms. The minimum atomic E-state index is -0.212. The molecule has 1 amide bonds. The summed E-state index contributed by atoms with van der Waals surface area (Å²) in [5.41, 5.74) is 6.72. The van der Waals surface area contributed by atoms with Gasteiger partial charge in [0, 0.05) is 5.92 Å². The normalized spacial score (nSPS) is 26.6. The molecule has 1 fully saturated rings. The van der Waals surface area contributed by atoms with Crippen LogP contribution in [0.3, 0.4) is 0 Å².